The van der Waals surface area contributed by atoms with Gasteiger partial charge in [0.05, 0.1) is 14.2 Å². The summed E-state index contributed by atoms with van der Waals surface area (Å²) in [5, 5.41) is 3.11. The third-order valence-electron chi connectivity index (χ3n) is 4.24. The van der Waals surface area contributed by atoms with Gasteiger partial charge in [-0.1, -0.05) is 30.3 Å². The van der Waals surface area contributed by atoms with Gasteiger partial charge in [0.1, 0.15) is 12.3 Å². The predicted molar refractivity (Wildman–Crippen MR) is 101 cm³/mol. The van der Waals surface area contributed by atoms with E-state index in [1.807, 2.05) is 37.4 Å². The Hall–Kier alpha value is -2.33. The van der Waals surface area contributed by atoms with Gasteiger partial charge in [-0.15, -0.1) is 0 Å². The monoisotopic (exact) mass is 341 g/mol. The number of hydrogen-bond donors (Lipinski definition) is 2. The first-order valence-corrected chi connectivity index (χ1v) is 8.84. The second-order valence-corrected chi connectivity index (χ2v) is 6.65. The number of benzene rings is 2. The maximum Gasteiger partial charge on any atom is 0.275 e. The quantitative estimate of drug-likeness (QED) is 0.731. The van der Waals surface area contributed by atoms with Crippen molar-refractivity contribution in [1.29, 1.82) is 0 Å². The van der Waals surface area contributed by atoms with E-state index in [0.717, 1.165) is 30.0 Å². The summed E-state index contributed by atoms with van der Waals surface area (Å²) in [5.41, 5.74) is 2.51. The maximum absolute atomic E-state index is 12.2. The Morgan fingerprint density at radius 2 is 1.76 bits per heavy atom. The van der Waals surface area contributed by atoms with Crippen molar-refractivity contribution in [1.82, 2.24) is 5.32 Å². The van der Waals surface area contributed by atoms with Crippen LogP contribution < -0.4 is 15.0 Å². The third-order valence-corrected chi connectivity index (χ3v) is 4.24. The average molecular weight is 341 g/mol. The highest BCUT2D eigenvalue weighted by molar-refractivity contribution is 5.77. The molecule has 0 spiro atoms. The number of methoxy groups -OCH3 is 1. The smallest absolute Gasteiger partial charge is 0.275 e. The minimum absolute atomic E-state index is 0.103. The Morgan fingerprint density at radius 1 is 1.08 bits per heavy atom. The Morgan fingerprint density at radius 3 is 2.40 bits per heavy atom. The number of carbonyl (C=O) groups is 1. The largest absolute Gasteiger partial charge is 0.497 e. The van der Waals surface area contributed by atoms with E-state index in [2.05, 4.69) is 36.5 Å². The van der Waals surface area contributed by atoms with Crippen LogP contribution in [-0.4, -0.2) is 32.7 Å². The molecule has 2 aromatic carbocycles. The van der Waals surface area contributed by atoms with Crippen LogP contribution in [0.15, 0.2) is 54.6 Å². The van der Waals surface area contributed by atoms with Crippen molar-refractivity contribution < 1.29 is 14.4 Å². The lowest BCUT2D eigenvalue weighted by molar-refractivity contribution is -0.885. The van der Waals surface area contributed by atoms with Crippen LogP contribution in [0.1, 0.15) is 24.5 Å². The van der Waals surface area contributed by atoms with E-state index in [-0.39, 0.29) is 11.9 Å². The number of rotatable bonds is 9. The van der Waals surface area contributed by atoms with Crippen LogP contribution in [0.3, 0.4) is 0 Å². The molecule has 0 radical (unpaired) electrons. The van der Waals surface area contributed by atoms with Crippen molar-refractivity contribution in [2.24, 2.45) is 0 Å². The van der Waals surface area contributed by atoms with Crippen molar-refractivity contribution in [3.05, 3.63) is 65.7 Å². The zero-order valence-corrected chi connectivity index (χ0v) is 15.4. The first-order chi connectivity index (χ1) is 12.1. The molecule has 2 N–H and O–H groups in total. The van der Waals surface area contributed by atoms with Crippen LogP contribution in [0.25, 0.3) is 0 Å². The molecule has 4 nitrogen and oxygen atoms in total. The van der Waals surface area contributed by atoms with Crippen LogP contribution in [0.4, 0.5) is 0 Å². The molecule has 4 heteroatoms. The molecule has 0 bridgehead atoms. The van der Waals surface area contributed by atoms with Crippen molar-refractivity contribution in [2.45, 2.75) is 32.4 Å². The molecule has 0 fully saturated rings. The van der Waals surface area contributed by atoms with E-state index in [0.29, 0.717) is 6.54 Å². The molecule has 0 saturated carbocycles. The molecule has 134 valence electrons. The Bertz CT molecular complexity index is 641. The number of hydrogen-bond acceptors (Lipinski definition) is 2. The fraction of sp³-hybridized carbons (Fsp3) is 0.381. The number of aryl methyl sites for hydroxylation is 1. The number of likely N-dealkylation sites (N-methyl/N-ethyl adjacent to an activating group) is 1. The van der Waals surface area contributed by atoms with Gasteiger partial charge in [0.25, 0.3) is 5.91 Å². The molecule has 0 aliphatic rings. The molecule has 1 amide bonds. The van der Waals surface area contributed by atoms with E-state index < -0.39 is 0 Å². The van der Waals surface area contributed by atoms with Gasteiger partial charge in [-0.25, -0.2) is 0 Å². The van der Waals surface area contributed by atoms with E-state index in [9.17, 15) is 4.79 Å². The first-order valence-electron chi connectivity index (χ1n) is 8.84. The summed E-state index contributed by atoms with van der Waals surface area (Å²) < 4.78 is 5.17. The summed E-state index contributed by atoms with van der Waals surface area (Å²) in [7, 11) is 3.70. The predicted octanol–water partition coefficient (Wildman–Crippen LogP) is 1.85. The molecule has 2 atom stereocenters. The third kappa shape index (κ3) is 6.98. The number of carbonyl (C=O) groups excluding carboxylic acids is 1. The standard InChI is InChI=1S/C21H28N2O2/c1-17(9-10-18-7-5-4-6-8-18)22-21(24)16-23(2)15-19-11-13-20(25-3)14-12-19/h4-8,11-14,17H,9-10,15-16H2,1-3H3,(H,22,24)/p+1/t17-/m1/s1. The average Bonchev–Trinajstić information content (AvgIpc) is 2.61. The second kappa shape index (κ2) is 9.84. The molecule has 0 aliphatic carbocycles. The van der Waals surface area contributed by atoms with Crippen LogP contribution in [0, 0.1) is 0 Å². The van der Waals surface area contributed by atoms with Crippen LogP contribution in [0.5, 0.6) is 5.75 Å². The number of quaternary nitrogens is 1. The maximum atomic E-state index is 12.2. The van der Waals surface area contributed by atoms with Crippen molar-refractivity contribution in [3.63, 3.8) is 0 Å². The normalized spacial score (nSPS) is 13.1. The molecule has 2 rings (SSSR count). The molecule has 0 aromatic heterocycles. The van der Waals surface area contributed by atoms with Gasteiger partial charge in [0, 0.05) is 11.6 Å². The Kier molecular flexibility index (Phi) is 7.48. The van der Waals surface area contributed by atoms with Crippen LogP contribution in [-0.2, 0) is 17.8 Å². The van der Waals surface area contributed by atoms with E-state index >= 15 is 0 Å². The lowest BCUT2D eigenvalue weighted by atomic mass is 10.1. The van der Waals surface area contributed by atoms with Gasteiger partial charge in [-0.05, 0) is 49.6 Å². The Balaban J connectivity index is 1.70. The summed E-state index contributed by atoms with van der Waals surface area (Å²) in [6.45, 7) is 3.36. The van der Waals surface area contributed by atoms with Crippen molar-refractivity contribution in [3.8, 4) is 5.75 Å². The lowest BCUT2D eigenvalue weighted by Gasteiger charge is -2.17. The highest BCUT2D eigenvalue weighted by Crippen LogP contribution is 2.10. The molecule has 25 heavy (non-hydrogen) atoms. The highest BCUT2D eigenvalue weighted by atomic mass is 16.5. The van der Waals surface area contributed by atoms with Crippen molar-refractivity contribution in [2.75, 3.05) is 20.7 Å². The van der Waals surface area contributed by atoms with E-state index in [1.165, 1.54) is 11.1 Å². The SMILES string of the molecule is COc1ccc(C[NH+](C)CC(=O)N[C@H](C)CCc2ccccc2)cc1. The number of nitrogens with one attached hydrogen (secondary N) is 2. The molecule has 1 unspecified atom stereocenters. The number of amides is 1. The molecule has 2 aromatic rings. The van der Waals surface area contributed by atoms with Crippen LogP contribution >= 0.6 is 0 Å². The number of ether oxygens (including phenoxy) is 1. The zero-order valence-electron chi connectivity index (χ0n) is 15.4. The molecule has 0 saturated heterocycles. The minimum Gasteiger partial charge on any atom is -0.497 e. The zero-order chi connectivity index (χ0) is 18.1. The van der Waals surface area contributed by atoms with Gasteiger partial charge < -0.3 is 15.0 Å². The van der Waals surface area contributed by atoms with Gasteiger partial charge >= 0.3 is 0 Å². The first kappa shape index (κ1) is 19.0. The summed E-state index contributed by atoms with van der Waals surface area (Å²) in [6, 6.07) is 18.6. The topological polar surface area (TPSA) is 42.8 Å². The molecular formula is C21H29N2O2+. The van der Waals surface area contributed by atoms with Gasteiger partial charge in [0.2, 0.25) is 0 Å². The van der Waals surface area contributed by atoms with Gasteiger partial charge in [-0.3, -0.25) is 4.79 Å². The van der Waals surface area contributed by atoms with Crippen LogP contribution in [0.2, 0.25) is 0 Å². The van der Waals surface area contributed by atoms with Gasteiger partial charge in [0.15, 0.2) is 6.54 Å². The summed E-state index contributed by atoms with van der Waals surface area (Å²) >= 11 is 0. The molecule has 0 aliphatic heterocycles. The van der Waals surface area contributed by atoms with Gasteiger partial charge in [-0.2, -0.15) is 0 Å². The minimum atomic E-state index is 0.103. The summed E-state index contributed by atoms with van der Waals surface area (Å²) in [5.74, 6) is 0.956. The van der Waals surface area contributed by atoms with E-state index in [4.69, 9.17) is 4.74 Å². The van der Waals surface area contributed by atoms with E-state index in [1.54, 1.807) is 7.11 Å². The fourth-order valence-corrected chi connectivity index (χ4v) is 2.85. The van der Waals surface area contributed by atoms with Crippen molar-refractivity contribution >= 4 is 5.91 Å². The molecular weight excluding hydrogens is 312 g/mol. The summed E-state index contributed by atoms with van der Waals surface area (Å²) in [6.07, 6.45) is 1.93. The fourth-order valence-electron chi connectivity index (χ4n) is 2.85. The second-order valence-electron chi connectivity index (χ2n) is 6.65. The molecule has 0 heterocycles. The lowest BCUT2D eigenvalue weighted by Crippen LogP contribution is -3.09. The Labute approximate surface area is 150 Å². The summed E-state index contributed by atoms with van der Waals surface area (Å²) in [4.78, 5) is 13.4. The highest BCUT2D eigenvalue weighted by Gasteiger charge is 2.13.